The first-order valence-electron chi connectivity index (χ1n) is 6.64. The maximum absolute atomic E-state index is 13.3. The van der Waals surface area contributed by atoms with Gasteiger partial charge in [0.05, 0.1) is 22.6 Å². The molecule has 1 aliphatic rings. The summed E-state index contributed by atoms with van der Waals surface area (Å²) in [6, 6.07) is 2.95. The zero-order valence-electron chi connectivity index (χ0n) is 12.3. The van der Waals surface area contributed by atoms with Crippen LogP contribution in [-0.4, -0.2) is 23.3 Å². The van der Waals surface area contributed by atoms with Crippen molar-refractivity contribution in [2.45, 2.75) is 45.4 Å². The second-order valence-corrected chi connectivity index (χ2v) is 5.85. The van der Waals surface area contributed by atoms with Crippen molar-refractivity contribution >= 4 is 13.2 Å². The summed E-state index contributed by atoms with van der Waals surface area (Å²) in [5.41, 5.74) is 5.56. The normalized spacial score (nSPS) is 20.8. The number of aromatic nitrogens is 1. The number of hydrogen-bond acceptors (Lipinski definition) is 4. The second kappa shape index (κ2) is 5.28. The molecule has 0 spiro atoms. The van der Waals surface area contributed by atoms with Gasteiger partial charge in [0.1, 0.15) is 5.82 Å². The smallest absolute Gasteiger partial charge is 0.400 e. The van der Waals surface area contributed by atoms with Crippen LogP contribution in [0.4, 0.5) is 4.39 Å². The maximum Gasteiger partial charge on any atom is 0.487 e. The minimum absolute atomic E-state index is 0.0734. The number of rotatable bonds is 3. The van der Waals surface area contributed by atoms with Crippen LogP contribution in [0.25, 0.3) is 6.08 Å². The Labute approximate surface area is 119 Å². The van der Waals surface area contributed by atoms with E-state index >= 15 is 0 Å². The van der Waals surface area contributed by atoms with Gasteiger partial charge in [0.15, 0.2) is 0 Å². The van der Waals surface area contributed by atoms with E-state index in [1.165, 1.54) is 6.07 Å². The molecule has 1 saturated heterocycles. The number of pyridine rings is 1. The van der Waals surface area contributed by atoms with Crippen molar-refractivity contribution in [1.82, 2.24) is 4.98 Å². The average Bonchev–Trinajstić information content (AvgIpc) is 2.57. The highest BCUT2D eigenvalue weighted by Gasteiger charge is 2.49. The van der Waals surface area contributed by atoms with Gasteiger partial charge in [0, 0.05) is 6.54 Å². The van der Waals surface area contributed by atoms with Crippen LogP contribution in [-0.2, 0) is 15.9 Å². The highest BCUT2D eigenvalue weighted by molar-refractivity contribution is 6.52. The van der Waals surface area contributed by atoms with Gasteiger partial charge >= 0.3 is 7.12 Å². The predicted molar refractivity (Wildman–Crippen MR) is 77.2 cm³/mol. The molecule has 4 nitrogen and oxygen atoms in total. The first-order valence-corrected chi connectivity index (χ1v) is 6.64. The summed E-state index contributed by atoms with van der Waals surface area (Å²) in [5.74, 6) is 1.39. The summed E-state index contributed by atoms with van der Waals surface area (Å²) < 4.78 is 25.0. The summed E-state index contributed by atoms with van der Waals surface area (Å²) in [7, 11) is -0.437. The lowest BCUT2D eigenvalue weighted by Crippen LogP contribution is -2.41. The van der Waals surface area contributed by atoms with Gasteiger partial charge < -0.3 is 15.0 Å². The molecule has 6 heteroatoms. The molecule has 0 radical (unpaired) electrons. The maximum atomic E-state index is 13.3. The standard InChI is InChI=1S/C14H20BFN2O2/c1-13(2)14(3,4)20-15(19-13)8-7-10-5-6-11(16)12(9-17)18-10/h5-8H,9,17H2,1-4H3/b8-7+. The lowest BCUT2D eigenvalue weighted by atomic mass is 9.89. The molecule has 2 N–H and O–H groups in total. The van der Waals surface area contributed by atoms with Gasteiger partial charge in [-0.25, -0.2) is 9.37 Å². The Morgan fingerprint density at radius 2 is 1.85 bits per heavy atom. The first-order chi connectivity index (χ1) is 9.25. The molecule has 0 atom stereocenters. The van der Waals surface area contributed by atoms with Crippen molar-refractivity contribution < 1.29 is 13.7 Å². The summed E-state index contributed by atoms with van der Waals surface area (Å²) in [4.78, 5) is 4.13. The Bertz CT molecular complexity index is 516. The van der Waals surface area contributed by atoms with E-state index in [1.807, 2.05) is 27.7 Å². The molecule has 2 heterocycles. The zero-order chi connectivity index (χ0) is 15.0. The Morgan fingerprint density at radius 3 is 2.40 bits per heavy atom. The van der Waals surface area contributed by atoms with E-state index in [-0.39, 0.29) is 29.3 Å². The molecular weight excluding hydrogens is 258 g/mol. The molecule has 0 aromatic carbocycles. The summed E-state index contributed by atoms with van der Waals surface area (Å²) >= 11 is 0. The van der Waals surface area contributed by atoms with Crippen LogP contribution in [0, 0.1) is 5.82 Å². The van der Waals surface area contributed by atoms with Crippen LogP contribution in [0.15, 0.2) is 18.1 Å². The Kier molecular flexibility index (Phi) is 4.00. The minimum Gasteiger partial charge on any atom is -0.400 e. The fourth-order valence-electron chi connectivity index (χ4n) is 1.88. The van der Waals surface area contributed by atoms with Gasteiger partial charge in [0.25, 0.3) is 0 Å². The van der Waals surface area contributed by atoms with Gasteiger partial charge in [-0.2, -0.15) is 0 Å². The lowest BCUT2D eigenvalue weighted by Gasteiger charge is -2.32. The van der Waals surface area contributed by atoms with Crippen LogP contribution in [0.2, 0.25) is 0 Å². The van der Waals surface area contributed by atoms with Gasteiger partial charge in [-0.1, -0.05) is 5.98 Å². The Morgan fingerprint density at radius 1 is 1.25 bits per heavy atom. The van der Waals surface area contributed by atoms with E-state index in [4.69, 9.17) is 15.0 Å². The van der Waals surface area contributed by atoms with E-state index < -0.39 is 7.12 Å². The number of hydrogen-bond donors (Lipinski definition) is 1. The van der Waals surface area contributed by atoms with E-state index in [9.17, 15) is 4.39 Å². The molecule has 0 amide bonds. The van der Waals surface area contributed by atoms with Crippen molar-refractivity contribution in [3.8, 4) is 0 Å². The van der Waals surface area contributed by atoms with Crippen LogP contribution < -0.4 is 5.73 Å². The van der Waals surface area contributed by atoms with Crippen LogP contribution in [0.1, 0.15) is 39.1 Å². The van der Waals surface area contributed by atoms with Crippen molar-refractivity contribution in [2.75, 3.05) is 0 Å². The fourth-order valence-corrected chi connectivity index (χ4v) is 1.88. The van der Waals surface area contributed by atoms with Gasteiger partial charge in [-0.15, -0.1) is 0 Å². The van der Waals surface area contributed by atoms with Crippen LogP contribution >= 0.6 is 0 Å². The number of halogens is 1. The first kappa shape index (κ1) is 15.2. The molecule has 0 bridgehead atoms. The van der Waals surface area contributed by atoms with Crippen molar-refractivity contribution in [3.05, 3.63) is 35.3 Å². The average molecular weight is 278 g/mol. The molecule has 1 aromatic rings. The topological polar surface area (TPSA) is 57.4 Å². The third kappa shape index (κ3) is 2.92. The van der Waals surface area contributed by atoms with E-state index in [0.717, 1.165) is 0 Å². The fraction of sp³-hybridized carbons (Fsp3) is 0.500. The molecule has 1 aromatic heterocycles. The summed E-state index contributed by atoms with van der Waals surface area (Å²) in [6.07, 6.45) is 1.75. The number of nitrogens with two attached hydrogens (primary N) is 1. The summed E-state index contributed by atoms with van der Waals surface area (Å²) in [6.45, 7) is 8.03. The Balaban J connectivity index is 2.12. The largest absolute Gasteiger partial charge is 0.487 e. The van der Waals surface area contributed by atoms with E-state index in [0.29, 0.717) is 5.69 Å². The second-order valence-electron chi connectivity index (χ2n) is 5.85. The third-order valence-electron chi connectivity index (χ3n) is 3.83. The van der Waals surface area contributed by atoms with Crippen molar-refractivity contribution in [2.24, 2.45) is 5.73 Å². The molecule has 2 rings (SSSR count). The van der Waals surface area contributed by atoms with Gasteiger partial charge in [-0.05, 0) is 45.9 Å². The SMILES string of the molecule is CC1(C)OB(/C=C/c2ccc(F)c(CN)n2)OC1(C)C. The minimum atomic E-state index is -0.437. The molecule has 108 valence electrons. The summed E-state index contributed by atoms with van der Waals surface area (Å²) in [5, 5.41) is 0. The van der Waals surface area contributed by atoms with Crippen molar-refractivity contribution in [1.29, 1.82) is 0 Å². The molecule has 0 unspecified atom stereocenters. The van der Waals surface area contributed by atoms with E-state index in [2.05, 4.69) is 4.98 Å². The quantitative estimate of drug-likeness (QED) is 0.862. The lowest BCUT2D eigenvalue weighted by molar-refractivity contribution is 0.00578. The van der Waals surface area contributed by atoms with Crippen LogP contribution in [0.3, 0.4) is 0 Å². The molecule has 1 aliphatic heterocycles. The Hall–Kier alpha value is -1.24. The monoisotopic (exact) mass is 278 g/mol. The molecule has 1 fully saturated rings. The van der Waals surface area contributed by atoms with Gasteiger partial charge in [-0.3, -0.25) is 0 Å². The molecular formula is C14H20BFN2O2. The number of nitrogens with zero attached hydrogens (tertiary/aromatic N) is 1. The highest BCUT2D eigenvalue weighted by Crippen LogP contribution is 2.36. The molecule has 0 aliphatic carbocycles. The van der Waals surface area contributed by atoms with E-state index in [1.54, 1.807) is 18.1 Å². The highest BCUT2D eigenvalue weighted by atomic mass is 19.1. The van der Waals surface area contributed by atoms with Crippen LogP contribution in [0.5, 0.6) is 0 Å². The van der Waals surface area contributed by atoms with Gasteiger partial charge in [0.2, 0.25) is 0 Å². The molecule has 20 heavy (non-hydrogen) atoms. The zero-order valence-corrected chi connectivity index (χ0v) is 12.3. The third-order valence-corrected chi connectivity index (χ3v) is 3.83. The predicted octanol–water partition coefficient (Wildman–Crippen LogP) is 2.32. The molecule has 0 saturated carbocycles. The van der Waals surface area contributed by atoms with Crippen molar-refractivity contribution in [3.63, 3.8) is 0 Å².